The predicted molar refractivity (Wildman–Crippen MR) is 59.6 cm³/mol. The monoisotopic (exact) mass is 229 g/mol. The number of hydrazine groups is 1. The van der Waals surface area contributed by atoms with Crippen molar-refractivity contribution in [2.24, 2.45) is 0 Å². The first-order chi connectivity index (χ1) is 6.84. The third-order valence-electron chi connectivity index (χ3n) is 1.81. The first kappa shape index (κ1) is 12.0. The van der Waals surface area contributed by atoms with E-state index in [1.165, 1.54) is 5.01 Å². The number of rotatable bonds is 3. The normalized spacial score (nSPS) is 12.0. The van der Waals surface area contributed by atoms with Crippen LogP contribution in [0.2, 0.25) is 0 Å². The molecule has 84 valence electrons. The van der Waals surface area contributed by atoms with Crippen molar-refractivity contribution >= 4 is 15.7 Å². The minimum absolute atomic E-state index is 0.138. The Bertz CT molecular complexity index is 434. The summed E-state index contributed by atoms with van der Waals surface area (Å²) in [4.78, 5) is 2.48. The lowest BCUT2D eigenvalue weighted by Gasteiger charge is -2.15. The van der Waals surface area contributed by atoms with Crippen molar-refractivity contribution < 1.29 is 8.42 Å². The molecular formula is C9H15N3O2S. The van der Waals surface area contributed by atoms with Crippen LogP contribution in [0.25, 0.3) is 0 Å². The van der Waals surface area contributed by atoms with E-state index in [1.54, 1.807) is 39.2 Å². The fraction of sp³-hybridized carbons (Fsp3) is 0.333. The van der Waals surface area contributed by atoms with E-state index in [4.69, 9.17) is 5.73 Å². The number of nitrogen functional groups attached to an aromatic ring is 1. The van der Waals surface area contributed by atoms with Gasteiger partial charge in [0.05, 0.1) is 5.69 Å². The van der Waals surface area contributed by atoms with E-state index >= 15 is 0 Å². The summed E-state index contributed by atoms with van der Waals surface area (Å²) in [5.74, 6) is 0. The summed E-state index contributed by atoms with van der Waals surface area (Å²) in [5, 5.41) is 1.36. The number of benzene rings is 1. The van der Waals surface area contributed by atoms with E-state index in [2.05, 4.69) is 4.83 Å². The van der Waals surface area contributed by atoms with Gasteiger partial charge in [-0.1, -0.05) is 12.1 Å². The number of aryl methyl sites for hydroxylation is 1. The van der Waals surface area contributed by atoms with Crippen LogP contribution in [-0.4, -0.2) is 27.5 Å². The van der Waals surface area contributed by atoms with Crippen LogP contribution in [0.1, 0.15) is 5.56 Å². The Balaban J connectivity index is 3.27. The van der Waals surface area contributed by atoms with E-state index in [0.29, 0.717) is 5.56 Å². The van der Waals surface area contributed by atoms with Crippen molar-refractivity contribution in [2.75, 3.05) is 19.8 Å². The van der Waals surface area contributed by atoms with Crippen molar-refractivity contribution in [3.63, 3.8) is 0 Å². The lowest BCUT2D eigenvalue weighted by molar-refractivity contribution is 0.364. The fourth-order valence-electron chi connectivity index (χ4n) is 1.33. The number of nitrogens with two attached hydrogens (primary N) is 1. The molecule has 0 radical (unpaired) electrons. The molecule has 0 aliphatic carbocycles. The summed E-state index contributed by atoms with van der Waals surface area (Å²) in [7, 11) is -0.364. The predicted octanol–water partition coefficient (Wildman–Crippen LogP) is 0.332. The maximum Gasteiger partial charge on any atom is 0.255 e. The minimum Gasteiger partial charge on any atom is -0.398 e. The molecule has 3 N–H and O–H groups in total. The van der Waals surface area contributed by atoms with Crippen LogP contribution < -0.4 is 10.6 Å². The van der Waals surface area contributed by atoms with Gasteiger partial charge in [0.2, 0.25) is 0 Å². The van der Waals surface area contributed by atoms with Gasteiger partial charge in [0, 0.05) is 14.1 Å². The lowest BCUT2D eigenvalue weighted by atomic mass is 10.2. The van der Waals surface area contributed by atoms with E-state index in [0.717, 1.165) is 0 Å². The maximum atomic E-state index is 11.9. The molecule has 5 nitrogen and oxygen atoms in total. The minimum atomic E-state index is -3.57. The molecule has 1 aromatic rings. The third kappa shape index (κ3) is 2.68. The van der Waals surface area contributed by atoms with Gasteiger partial charge in [-0.15, -0.1) is 4.83 Å². The van der Waals surface area contributed by atoms with E-state index < -0.39 is 10.0 Å². The SMILES string of the molecule is Cc1cccc(N)c1S(=O)(=O)NN(C)C. The largest absolute Gasteiger partial charge is 0.398 e. The molecule has 0 aromatic heterocycles. The zero-order valence-electron chi connectivity index (χ0n) is 8.98. The fourth-order valence-corrected chi connectivity index (χ4v) is 2.77. The van der Waals surface area contributed by atoms with Gasteiger partial charge in [-0.3, -0.25) is 0 Å². The summed E-state index contributed by atoms with van der Waals surface area (Å²) in [6.45, 7) is 1.71. The van der Waals surface area contributed by atoms with Crippen LogP contribution in [0, 0.1) is 6.92 Å². The number of nitrogens with zero attached hydrogens (tertiary/aromatic N) is 1. The van der Waals surface area contributed by atoms with Crippen molar-refractivity contribution in [3.05, 3.63) is 23.8 Å². The molecule has 0 saturated carbocycles. The molecule has 0 bridgehead atoms. The molecule has 6 heteroatoms. The molecule has 0 unspecified atom stereocenters. The topological polar surface area (TPSA) is 75.4 Å². The zero-order chi connectivity index (χ0) is 11.6. The third-order valence-corrected chi connectivity index (χ3v) is 3.51. The average molecular weight is 229 g/mol. The van der Waals surface area contributed by atoms with Gasteiger partial charge in [0.25, 0.3) is 10.0 Å². The van der Waals surface area contributed by atoms with Crippen LogP contribution in [0.5, 0.6) is 0 Å². The van der Waals surface area contributed by atoms with Crippen LogP contribution in [0.3, 0.4) is 0 Å². The van der Waals surface area contributed by atoms with Crippen LogP contribution >= 0.6 is 0 Å². The van der Waals surface area contributed by atoms with Crippen molar-refractivity contribution in [2.45, 2.75) is 11.8 Å². The summed E-state index contributed by atoms with van der Waals surface area (Å²) >= 11 is 0. The molecule has 0 atom stereocenters. The van der Waals surface area contributed by atoms with Crippen molar-refractivity contribution in [1.82, 2.24) is 9.84 Å². The quantitative estimate of drug-likeness (QED) is 0.578. The first-order valence-corrected chi connectivity index (χ1v) is 5.88. The molecule has 0 amide bonds. The molecule has 0 fully saturated rings. The Morgan fingerprint density at radius 1 is 1.33 bits per heavy atom. The highest BCUT2D eigenvalue weighted by molar-refractivity contribution is 7.89. The molecule has 0 spiro atoms. The van der Waals surface area contributed by atoms with Gasteiger partial charge in [-0.25, -0.2) is 13.4 Å². The van der Waals surface area contributed by atoms with Gasteiger partial charge in [-0.2, -0.15) is 0 Å². The van der Waals surface area contributed by atoms with Crippen LogP contribution in [0.4, 0.5) is 5.69 Å². The lowest BCUT2D eigenvalue weighted by Crippen LogP contribution is -2.36. The number of hydrogen-bond donors (Lipinski definition) is 2. The van der Waals surface area contributed by atoms with E-state index in [9.17, 15) is 8.42 Å². The number of hydrogen-bond acceptors (Lipinski definition) is 4. The van der Waals surface area contributed by atoms with Gasteiger partial charge in [-0.05, 0) is 18.6 Å². The molecule has 1 aromatic carbocycles. The highest BCUT2D eigenvalue weighted by Gasteiger charge is 2.20. The molecule has 0 aliphatic heterocycles. The molecule has 15 heavy (non-hydrogen) atoms. The first-order valence-electron chi connectivity index (χ1n) is 4.39. The Kier molecular flexibility index (Phi) is 3.33. The van der Waals surface area contributed by atoms with Gasteiger partial charge in [0.1, 0.15) is 4.90 Å². The highest BCUT2D eigenvalue weighted by Crippen LogP contribution is 2.21. The summed E-state index contributed by atoms with van der Waals surface area (Å²) < 4.78 is 23.7. The standard InChI is InChI=1S/C9H15N3O2S/c1-7-5-4-6-8(10)9(7)15(13,14)11-12(2)3/h4-6,11H,10H2,1-3H3. The Hall–Kier alpha value is -1.11. The molecular weight excluding hydrogens is 214 g/mol. The molecule has 0 aliphatic rings. The Morgan fingerprint density at radius 2 is 1.93 bits per heavy atom. The molecule has 0 heterocycles. The van der Waals surface area contributed by atoms with Gasteiger partial charge >= 0.3 is 0 Å². The second kappa shape index (κ2) is 4.18. The van der Waals surface area contributed by atoms with E-state index in [1.807, 2.05) is 0 Å². The van der Waals surface area contributed by atoms with Crippen LogP contribution in [-0.2, 0) is 10.0 Å². The van der Waals surface area contributed by atoms with Gasteiger partial charge < -0.3 is 5.73 Å². The van der Waals surface area contributed by atoms with Crippen molar-refractivity contribution in [3.8, 4) is 0 Å². The molecule has 1 rings (SSSR count). The van der Waals surface area contributed by atoms with Crippen LogP contribution in [0.15, 0.2) is 23.1 Å². The summed E-state index contributed by atoms with van der Waals surface area (Å²) in [6, 6.07) is 5.00. The molecule has 0 saturated heterocycles. The maximum absolute atomic E-state index is 11.9. The Morgan fingerprint density at radius 3 is 2.40 bits per heavy atom. The summed E-state index contributed by atoms with van der Waals surface area (Å²) in [5.41, 5.74) is 6.53. The van der Waals surface area contributed by atoms with E-state index in [-0.39, 0.29) is 10.6 Å². The zero-order valence-corrected chi connectivity index (χ0v) is 9.80. The number of sulfonamides is 1. The average Bonchev–Trinajstić information content (AvgIpc) is 1.99. The number of nitrogens with one attached hydrogen (secondary N) is 1. The van der Waals surface area contributed by atoms with Gasteiger partial charge in [0.15, 0.2) is 0 Å². The highest BCUT2D eigenvalue weighted by atomic mass is 32.2. The second-order valence-electron chi connectivity index (χ2n) is 3.48. The number of anilines is 1. The smallest absolute Gasteiger partial charge is 0.255 e. The second-order valence-corrected chi connectivity index (χ2v) is 5.08. The Labute approximate surface area is 89.9 Å². The van der Waals surface area contributed by atoms with Crippen molar-refractivity contribution in [1.29, 1.82) is 0 Å². The summed E-state index contributed by atoms with van der Waals surface area (Å²) in [6.07, 6.45) is 0.